The van der Waals surface area contributed by atoms with Gasteiger partial charge < -0.3 is 9.47 Å². The van der Waals surface area contributed by atoms with Crippen molar-refractivity contribution in [3.63, 3.8) is 0 Å². The minimum Gasteiger partial charge on any atom is -0.352 e. The van der Waals surface area contributed by atoms with Crippen LogP contribution in [-0.4, -0.2) is 35.1 Å². The predicted octanol–water partition coefficient (Wildman–Crippen LogP) is 1.87. The molecule has 0 atom stereocenters. The van der Waals surface area contributed by atoms with Crippen molar-refractivity contribution in [1.82, 2.24) is 9.78 Å². The van der Waals surface area contributed by atoms with Gasteiger partial charge in [-0.05, 0) is 20.8 Å². The maximum atomic E-state index is 11.9. The van der Waals surface area contributed by atoms with E-state index >= 15 is 0 Å². The molecule has 0 amide bonds. The number of ether oxygens (including phenoxy) is 2. The van der Waals surface area contributed by atoms with Gasteiger partial charge >= 0.3 is 0 Å². The van der Waals surface area contributed by atoms with Crippen LogP contribution in [0.3, 0.4) is 0 Å². The maximum Gasteiger partial charge on any atom is 0.171 e. The number of Topliss-reactive ketones (excluding diaryl/α,β-unsaturated/α-hetero) is 1. The number of ketones is 1. The lowest BCUT2D eigenvalue weighted by Gasteiger charge is -2.15. The Hall–Kier alpha value is -1.20. The monoisotopic (exact) mass is 240 g/mol. The third-order valence-corrected chi connectivity index (χ3v) is 2.34. The lowest BCUT2D eigenvalue weighted by atomic mass is 10.2. The van der Waals surface area contributed by atoms with Gasteiger partial charge in [-0.25, -0.2) is 0 Å². The van der Waals surface area contributed by atoms with E-state index in [1.807, 2.05) is 20.8 Å². The minimum atomic E-state index is -0.456. The number of nitrogens with zero attached hydrogens (tertiary/aromatic N) is 2. The van der Waals surface area contributed by atoms with Gasteiger partial charge in [0.15, 0.2) is 12.1 Å². The number of carbonyl (C=O) groups excluding carboxylic acids is 1. The molecule has 96 valence electrons. The van der Waals surface area contributed by atoms with E-state index < -0.39 is 6.29 Å². The van der Waals surface area contributed by atoms with Gasteiger partial charge in [-0.2, -0.15) is 5.10 Å². The molecule has 0 N–H and O–H groups in total. The lowest BCUT2D eigenvalue weighted by Crippen LogP contribution is -2.21. The van der Waals surface area contributed by atoms with Crippen molar-refractivity contribution >= 4 is 5.78 Å². The van der Waals surface area contributed by atoms with Crippen molar-refractivity contribution in [1.29, 1.82) is 0 Å². The molecular weight excluding hydrogens is 220 g/mol. The average Bonchev–Trinajstić information content (AvgIpc) is 2.78. The fraction of sp³-hybridized carbons (Fsp3) is 0.667. The SMILES string of the molecule is CCOC(CC(=O)c1cnn(CC)c1)OCC. The van der Waals surface area contributed by atoms with Crippen LogP contribution in [0.2, 0.25) is 0 Å². The smallest absolute Gasteiger partial charge is 0.171 e. The van der Waals surface area contributed by atoms with E-state index in [2.05, 4.69) is 5.10 Å². The highest BCUT2D eigenvalue weighted by molar-refractivity contribution is 5.95. The third kappa shape index (κ3) is 4.28. The van der Waals surface area contributed by atoms with E-state index in [0.717, 1.165) is 6.54 Å². The first-order valence-corrected chi connectivity index (χ1v) is 6.00. The van der Waals surface area contributed by atoms with Crippen LogP contribution in [0.4, 0.5) is 0 Å². The molecule has 17 heavy (non-hydrogen) atoms. The van der Waals surface area contributed by atoms with E-state index in [9.17, 15) is 4.79 Å². The lowest BCUT2D eigenvalue weighted by molar-refractivity contribution is -0.133. The van der Waals surface area contributed by atoms with Gasteiger partial charge in [-0.15, -0.1) is 0 Å². The van der Waals surface area contributed by atoms with E-state index in [0.29, 0.717) is 18.8 Å². The van der Waals surface area contributed by atoms with Crippen LogP contribution >= 0.6 is 0 Å². The number of hydrogen-bond donors (Lipinski definition) is 0. The molecule has 5 nitrogen and oxygen atoms in total. The average molecular weight is 240 g/mol. The largest absolute Gasteiger partial charge is 0.352 e. The van der Waals surface area contributed by atoms with Crippen molar-refractivity contribution in [2.45, 2.75) is 40.0 Å². The molecule has 0 aliphatic rings. The second-order valence-corrected chi connectivity index (χ2v) is 3.55. The molecule has 0 saturated carbocycles. The number of rotatable bonds is 8. The second kappa shape index (κ2) is 7.19. The summed E-state index contributed by atoms with van der Waals surface area (Å²) in [6, 6.07) is 0. The molecule has 0 aliphatic heterocycles. The number of aryl methyl sites for hydroxylation is 1. The van der Waals surface area contributed by atoms with Crippen molar-refractivity contribution in [3.8, 4) is 0 Å². The van der Waals surface area contributed by atoms with Gasteiger partial charge in [-0.3, -0.25) is 9.48 Å². The summed E-state index contributed by atoms with van der Waals surface area (Å²) in [7, 11) is 0. The van der Waals surface area contributed by atoms with E-state index in [1.165, 1.54) is 0 Å². The standard InChI is InChI=1S/C12H20N2O3/c1-4-14-9-10(8-13-14)11(15)7-12(16-5-2)17-6-3/h8-9,12H,4-7H2,1-3H3. The molecular formula is C12H20N2O3. The summed E-state index contributed by atoms with van der Waals surface area (Å²) in [5.41, 5.74) is 0.608. The minimum absolute atomic E-state index is 0.00315. The molecule has 5 heteroatoms. The normalized spacial score (nSPS) is 11.1. The maximum absolute atomic E-state index is 11.9. The number of carbonyl (C=O) groups is 1. The number of aromatic nitrogens is 2. The molecule has 0 fully saturated rings. The third-order valence-electron chi connectivity index (χ3n) is 2.34. The molecule has 0 aromatic carbocycles. The quantitative estimate of drug-likeness (QED) is 0.514. The zero-order valence-electron chi connectivity index (χ0n) is 10.7. The molecule has 0 saturated heterocycles. The van der Waals surface area contributed by atoms with Crippen LogP contribution in [0.25, 0.3) is 0 Å². The topological polar surface area (TPSA) is 53.3 Å². The Morgan fingerprint density at radius 3 is 2.47 bits per heavy atom. The summed E-state index contributed by atoms with van der Waals surface area (Å²) in [5, 5.41) is 4.07. The van der Waals surface area contributed by atoms with Crippen LogP contribution in [0.5, 0.6) is 0 Å². The van der Waals surface area contributed by atoms with Gasteiger partial charge in [-0.1, -0.05) is 0 Å². The van der Waals surface area contributed by atoms with Crippen LogP contribution in [0, 0.1) is 0 Å². The van der Waals surface area contributed by atoms with Gasteiger partial charge in [0.1, 0.15) is 0 Å². The summed E-state index contributed by atoms with van der Waals surface area (Å²) in [6.45, 7) is 7.56. The van der Waals surface area contributed by atoms with Crippen molar-refractivity contribution in [2.75, 3.05) is 13.2 Å². The molecule has 1 aromatic heterocycles. The second-order valence-electron chi connectivity index (χ2n) is 3.55. The van der Waals surface area contributed by atoms with Gasteiger partial charge in [0.2, 0.25) is 0 Å². The molecule has 0 radical (unpaired) electrons. The first kappa shape index (κ1) is 13.9. The molecule has 0 spiro atoms. The highest BCUT2D eigenvalue weighted by atomic mass is 16.7. The van der Waals surface area contributed by atoms with Crippen LogP contribution < -0.4 is 0 Å². The Bertz CT molecular complexity index is 343. The van der Waals surface area contributed by atoms with Crippen LogP contribution in [0.1, 0.15) is 37.6 Å². The molecule has 1 aromatic rings. The van der Waals surface area contributed by atoms with Crippen molar-refractivity contribution in [3.05, 3.63) is 18.0 Å². The highest BCUT2D eigenvalue weighted by Gasteiger charge is 2.16. The fourth-order valence-electron chi connectivity index (χ4n) is 1.49. The summed E-state index contributed by atoms with van der Waals surface area (Å²) < 4.78 is 12.4. The molecule has 0 unspecified atom stereocenters. The van der Waals surface area contributed by atoms with Gasteiger partial charge in [0, 0.05) is 26.0 Å². The zero-order valence-corrected chi connectivity index (χ0v) is 10.7. The molecule has 0 aliphatic carbocycles. The molecule has 1 rings (SSSR count). The van der Waals surface area contributed by atoms with E-state index in [4.69, 9.17) is 9.47 Å². The van der Waals surface area contributed by atoms with Gasteiger partial charge in [0.25, 0.3) is 0 Å². The highest BCUT2D eigenvalue weighted by Crippen LogP contribution is 2.08. The fourth-order valence-corrected chi connectivity index (χ4v) is 1.49. The molecule has 1 heterocycles. The van der Waals surface area contributed by atoms with Crippen LogP contribution in [-0.2, 0) is 16.0 Å². The van der Waals surface area contributed by atoms with Crippen LogP contribution in [0.15, 0.2) is 12.4 Å². The summed E-state index contributed by atoms with van der Waals surface area (Å²) >= 11 is 0. The Morgan fingerprint density at radius 1 is 1.35 bits per heavy atom. The Kier molecular flexibility index (Phi) is 5.86. The zero-order chi connectivity index (χ0) is 12.7. The van der Waals surface area contributed by atoms with Crippen molar-refractivity contribution < 1.29 is 14.3 Å². The Balaban J connectivity index is 2.56. The summed E-state index contributed by atoms with van der Waals surface area (Å²) in [5.74, 6) is -0.00315. The summed E-state index contributed by atoms with van der Waals surface area (Å²) in [4.78, 5) is 11.9. The Labute approximate surface area is 102 Å². The van der Waals surface area contributed by atoms with E-state index in [-0.39, 0.29) is 12.2 Å². The first-order chi connectivity index (χ1) is 8.21. The van der Waals surface area contributed by atoms with Crippen molar-refractivity contribution in [2.24, 2.45) is 0 Å². The Morgan fingerprint density at radius 2 is 2.00 bits per heavy atom. The first-order valence-electron chi connectivity index (χ1n) is 6.00. The van der Waals surface area contributed by atoms with Gasteiger partial charge in [0.05, 0.1) is 18.2 Å². The summed E-state index contributed by atoms with van der Waals surface area (Å²) in [6.07, 6.45) is 3.11. The number of hydrogen-bond acceptors (Lipinski definition) is 4. The molecule has 0 bridgehead atoms. The predicted molar refractivity (Wildman–Crippen MR) is 63.9 cm³/mol. The van der Waals surface area contributed by atoms with E-state index in [1.54, 1.807) is 17.1 Å².